The molecule has 0 fully saturated rings. The van der Waals surface area contributed by atoms with Gasteiger partial charge >= 0.3 is 0 Å². The van der Waals surface area contributed by atoms with Crippen molar-refractivity contribution < 1.29 is 23.5 Å². The van der Waals surface area contributed by atoms with Crippen molar-refractivity contribution in [1.29, 1.82) is 0 Å². The Balaban J connectivity index is 1.58. The molecular formula is C25H22N2O5. The second kappa shape index (κ2) is 9.70. The average molecular weight is 430 g/mol. The topological polar surface area (TPSA) is 104 Å². The number of ether oxygens (including phenoxy) is 2. The number of rotatable bonds is 9. The minimum atomic E-state index is -0.461. The van der Waals surface area contributed by atoms with Gasteiger partial charge in [0.1, 0.15) is 23.7 Å². The Morgan fingerprint density at radius 1 is 0.875 bits per heavy atom. The summed E-state index contributed by atoms with van der Waals surface area (Å²) < 4.78 is 17.4. The fraction of sp³-hybridized carbons (Fsp3) is 0.120. The van der Waals surface area contributed by atoms with Crippen LogP contribution in [0.25, 0.3) is 11.0 Å². The van der Waals surface area contributed by atoms with Gasteiger partial charge in [0.05, 0.1) is 18.7 Å². The van der Waals surface area contributed by atoms with E-state index < -0.39 is 11.8 Å². The number of hydrogen-bond acceptors (Lipinski definition) is 5. The van der Waals surface area contributed by atoms with Gasteiger partial charge in [0, 0.05) is 10.9 Å². The van der Waals surface area contributed by atoms with Crippen LogP contribution in [0.15, 0.2) is 83.3 Å². The average Bonchev–Trinajstić information content (AvgIpc) is 3.18. The van der Waals surface area contributed by atoms with E-state index in [1.807, 2.05) is 48.5 Å². The van der Waals surface area contributed by atoms with Crippen LogP contribution < -0.4 is 20.5 Å². The van der Waals surface area contributed by atoms with E-state index in [1.54, 1.807) is 30.3 Å². The number of carbonyl (C=O) groups is 2. The van der Waals surface area contributed by atoms with Crippen molar-refractivity contribution in [3.63, 3.8) is 0 Å². The van der Waals surface area contributed by atoms with Crippen LogP contribution in [-0.4, -0.2) is 18.4 Å². The molecule has 0 unspecified atom stereocenters. The zero-order chi connectivity index (χ0) is 22.3. The minimum absolute atomic E-state index is 0.0762. The van der Waals surface area contributed by atoms with Crippen molar-refractivity contribution in [2.75, 3.05) is 11.9 Å². The van der Waals surface area contributed by atoms with E-state index in [1.165, 1.54) is 0 Å². The predicted molar refractivity (Wildman–Crippen MR) is 121 cm³/mol. The quantitative estimate of drug-likeness (QED) is 0.406. The number of nitrogens with one attached hydrogen (secondary N) is 1. The van der Waals surface area contributed by atoms with Gasteiger partial charge in [-0.3, -0.25) is 9.59 Å². The highest BCUT2D eigenvalue weighted by molar-refractivity contribution is 6.07. The van der Waals surface area contributed by atoms with E-state index in [2.05, 4.69) is 5.32 Å². The van der Waals surface area contributed by atoms with Gasteiger partial charge in [-0.25, -0.2) is 0 Å². The Labute approximate surface area is 184 Å². The lowest BCUT2D eigenvalue weighted by Crippen LogP contribution is -2.16. The number of para-hydroxylation sites is 4. The number of nitrogens with two attached hydrogens (primary N) is 1. The molecule has 4 aromatic rings. The Hall–Kier alpha value is -4.26. The summed E-state index contributed by atoms with van der Waals surface area (Å²) in [5.41, 5.74) is 6.86. The smallest absolute Gasteiger partial charge is 0.291 e. The van der Waals surface area contributed by atoms with Gasteiger partial charge in [-0.1, -0.05) is 48.5 Å². The number of amides is 2. The largest absolute Gasteiger partial charge is 0.491 e. The normalized spacial score (nSPS) is 10.6. The number of fused-ring (bicyclic) bond motifs is 1. The Kier molecular flexibility index (Phi) is 6.36. The SMILES string of the molecule is NC(=O)CCOc1ccccc1NC(=O)c1oc2ccccc2c1COc1ccccc1. The number of benzene rings is 3. The molecule has 32 heavy (non-hydrogen) atoms. The molecule has 3 N–H and O–H groups in total. The van der Waals surface area contributed by atoms with Gasteiger partial charge < -0.3 is 24.9 Å². The third-order valence-corrected chi connectivity index (χ3v) is 4.77. The summed E-state index contributed by atoms with van der Waals surface area (Å²) in [6.45, 7) is 0.281. The lowest BCUT2D eigenvalue weighted by atomic mass is 10.1. The molecule has 1 aromatic heterocycles. The monoisotopic (exact) mass is 430 g/mol. The van der Waals surface area contributed by atoms with Gasteiger partial charge in [-0.15, -0.1) is 0 Å². The number of primary amides is 1. The molecule has 4 rings (SSSR count). The van der Waals surface area contributed by atoms with Gasteiger partial charge in [-0.05, 0) is 30.3 Å². The summed E-state index contributed by atoms with van der Waals surface area (Å²) in [6.07, 6.45) is 0.0762. The maximum absolute atomic E-state index is 13.2. The molecule has 0 aliphatic carbocycles. The molecule has 2 amide bonds. The van der Waals surface area contributed by atoms with Crippen molar-refractivity contribution in [2.24, 2.45) is 5.73 Å². The molecule has 0 aliphatic heterocycles. The lowest BCUT2D eigenvalue weighted by Gasteiger charge is -2.12. The summed E-state index contributed by atoms with van der Waals surface area (Å²) in [5.74, 6) is 0.391. The van der Waals surface area contributed by atoms with Crippen molar-refractivity contribution in [3.05, 3.63) is 90.2 Å². The Morgan fingerprint density at radius 3 is 2.41 bits per heavy atom. The summed E-state index contributed by atoms with van der Waals surface area (Å²) in [4.78, 5) is 24.1. The summed E-state index contributed by atoms with van der Waals surface area (Å²) in [6, 6.07) is 23.7. The van der Waals surface area contributed by atoms with Crippen molar-refractivity contribution in [1.82, 2.24) is 0 Å². The first kappa shape index (κ1) is 21.0. The summed E-state index contributed by atoms with van der Waals surface area (Å²) in [7, 11) is 0. The molecule has 7 nitrogen and oxygen atoms in total. The first-order chi connectivity index (χ1) is 15.6. The molecule has 1 heterocycles. The summed E-state index contributed by atoms with van der Waals surface area (Å²) >= 11 is 0. The molecule has 0 saturated carbocycles. The van der Waals surface area contributed by atoms with Crippen LogP contribution in [0.5, 0.6) is 11.5 Å². The molecule has 0 spiro atoms. The fourth-order valence-corrected chi connectivity index (χ4v) is 3.23. The van der Waals surface area contributed by atoms with Crippen molar-refractivity contribution >= 4 is 28.5 Å². The van der Waals surface area contributed by atoms with E-state index in [4.69, 9.17) is 19.6 Å². The number of anilines is 1. The molecule has 7 heteroatoms. The molecule has 0 atom stereocenters. The van der Waals surface area contributed by atoms with E-state index in [0.29, 0.717) is 28.3 Å². The highest BCUT2D eigenvalue weighted by Gasteiger charge is 2.22. The number of furan rings is 1. The molecule has 0 bridgehead atoms. The van der Waals surface area contributed by atoms with Gasteiger partial charge in [0.2, 0.25) is 5.91 Å². The molecule has 162 valence electrons. The van der Waals surface area contributed by atoms with E-state index in [0.717, 1.165) is 5.39 Å². The van der Waals surface area contributed by atoms with E-state index in [9.17, 15) is 9.59 Å². The number of carbonyl (C=O) groups excluding carboxylic acids is 2. The van der Waals surface area contributed by atoms with Crippen molar-refractivity contribution in [3.8, 4) is 11.5 Å². The fourth-order valence-electron chi connectivity index (χ4n) is 3.23. The first-order valence-corrected chi connectivity index (χ1v) is 10.1. The Bertz CT molecular complexity index is 1230. The first-order valence-electron chi connectivity index (χ1n) is 10.1. The molecule has 3 aromatic carbocycles. The third-order valence-electron chi connectivity index (χ3n) is 4.77. The van der Waals surface area contributed by atoms with Crippen LogP contribution in [0.3, 0.4) is 0 Å². The van der Waals surface area contributed by atoms with Gasteiger partial charge in [0.25, 0.3) is 5.91 Å². The van der Waals surface area contributed by atoms with E-state index >= 15 is 0 Å². The molecule has 0 aliphatic rings. The van der Waals surface area contributed by atoms with Gasteiger partial charge in [-0.2, -0.15) is 0 Å². The predicted octanol–water partition coefficient (Wildman–Crippen LogP) is 4.52. The Morgan fingerprint density at radius 2 is 1.59 bits per heavy atom. The second-order valence-electron chi connectivity index (χ2n) is 7.02. The van der Waals surface area contributed by atoms with Crippen LogP contribution in [0.2, 0.25) is 0 Å². The molecular weight excluding hydrogens is 408 g/mol. The zero-order valence-corrected chi connectivity index (χ0v) is 17.2. The van der Waals surface area contributed by atoms with Crippen LogP contribution in [0, 0.1) is 0 Å². The lowest BCUT2D eigenvalue weighted by molar-refractivity contribution is -0.118. The van der Waals surface area contributed by atoms with Crippen LogP contribution in [0.4, 0.5) is 5.69 Å². The third kappa shape index (κ3) is 4.89. The van der Waals surface area contributed by atoms with Crippen LogP contribution >= 0.6 is 0 Å². The summed E-state index contributed by atoms with van der Waals surface area (Å²) in [5, 5.41) is 3.64. The maximum atomic E-state index is 13.2. The highest BCUT2D eigenvalue weighted by Crippen LogP contribution is 2.30. The van der Waals surface area contributed by atoms with Crippen molar-refractivity contribution in [2.45, 2.75) is 13.0 Å². The van der Waals surface area contributed by atoms with Crippen LogP contribution in [0.1, 0.15) is 22.5 Å². The highest BCUT2D eigenvalue weighted by atomic mass is 16.5. The van der Waals surface area contributed by atoms with Crippen LogP contribution in [-0.2, 0) is 11.4 Å². The molecule has 0 saturated heterocycles. The number of hydrogen-bond donors (Lipinski definition) is 2. The van der Waals surface area contributed by atoms with Gasteiger partial charge in [0.15, 0.2) is 5.76 Å². The standard InChI is InChI=1S/C25H22N2O5/c26-23(28)14-15-30-22-13-7-5-11-20(22)27-25(29)24-19(16-31-17-8-2-1-3-9-17)18-10-4-6-12-21(18)32-24/h1-13H,14-16H2,(H2,26,28)(H,27,29). The van der Waals surface area contributed by atoms with E-state index in [-0.39, 0.29) is 25.4 Å². The zero-order valence-electron chi connectivity index (χ0n) is 17.2. The molecule has 0 radical (unpaired) electrons. The minimum Gasteiger partial charge on any atom is -0.491 e. The second-order valence-corrected chi connectivity index (χ2v) is 7.02. The maximum Gasteiger partial charge on any atom is 0.291 e.